The third-order valence-electron chi connectivity index (χ3n) is 2.42. The molecule has 0 aliphatic heterocycles. The fourth-order valence-electron chi connectivity index (χ4n) is 1.42. The van der Waals surface area contributed by atoms with E-state index < -0.39 is 12.3 Å². The summed E-state index contributed by atoms with van der Waals surface area (Å²) < 4.78 is 42.0. The Morgan fingerprint density at radius 3 is 2.56 bits per heavy atom. The summed E-state index contributed by atoms with van der Waals surface area (Å²) in [4.78, 5) is 4.04. The number of nitrogens with zero attached hydrogens (tertiary/aromatic N) is 1. The van der Waals surface area contributed by atoms with E-state index in [2.05, 4.69) is 10.3 Å². The van der Waals surface area contributed by atoms with Crippen molar-refractivity contribution in [3.8, 4) is 5.88 Å². The molecule has 0 saturated heterocycles. The Morgan fingerprint density at radius 1 is 1.39 bits per heavy atom. The minimum Gasteiger partial charge on any atom is -0.465 e. The number of nitrogens with one attached hydrogen (secondary N) is 1. The normalized spacial score (nSPS) is 13.4. The second kappa shape index (κ2) is 6.04. The molecule has 1 aromatic heterocycles. The van der Waals surface area contributed by atoms with E-state index in [0.29, 0.717) is 18.7 Å². The van der Waals surface area contributed by atoms with Crippen molar-refractivity contribution < 1.29 is 17.9 Å². The highest BCUT2D eigenvalue weighted by molar-refractivity contribution is 5.25. The summed E-state index contributed by atoms with van der Waals surface area (Å²) in [6, 6.07) is 3.37. The lowest BCUT2D eigenvalue weighted by molar-refractivity contribution is -0.190. The van der Waals surface area contributed by atoms with Crippen LogP contribution in [0.1, 0.15) is 25.1 Å². The predicted octanol–water partition coefficient (Wildman–Crippen LogP) is 2.69. The Bertz CT molecular complexity index is 393. The summed E-state index contributed by atoms with van der Waals surface area (Å²) in [6.45, 7) is 3.42. The van der Waals surface area contributed by atoms with Crippen molar-refractivity contribution in [1.29, 1.82) is 0 Å². The molecule has 1 atom stereocenters. The first-order valence-electron chi connectivity index (χ1n) is 5.74. The lowest BCUT2D eigenvalue weighted by Gasteiger charge is -2.18. The van der Waals surface area contributed by atoms with E-state index in [1.165, 1.54) is 6.07 Å². The van der Waals surface area contributed by atoms with Gasteiger partial charge < -0.3 is 10.1 Å². The van der Waals surface area contributed by atoms with E-state index in [0.717, 1.165) is 12.5 Å². The van der Waals surface area contributed by atoms with Crippen LogP contribution in [0.25, 0.3) is 0 Å². The molecule has 1 N–H and O–H groups in total. The summed E-state index contributed by atoms with van der Waals surface area (Å²) in [7, 11) is 1.77. The van der Waals surface area contributed by atoms with Crippen LogP contribution in [0.5, 0.6) is 5.88 Å². The van der Waals surface area contributed by atoms with Crippen molar-refractivity contribution >= 4 is 0 Å². The maximum atomic E-state index is 12.4. The second-order valence-corrected chi connectivity index (χ2v) is 3.99. The number of hydrogen-bond acceptors (Lipinski definition) is 3. The molecule has 0 aromatic carbocycles. The van der Waals surface area contributed by atoms with Gasteiger partial charge in [0.05, 0.1) is 0 Å². The number of aromatic nitrogens is 1. The first kappa shape index (κ1) is 14.8. The number of alkyl halides is 3. The van der Waals surface area contributed by atoms with Gasteiger partial charge in [0.15, 0.2) is 6.10 Å². The average molecular weight is 262 g/mol. The van der Waals surface area contributed by atoms with Crippen LogP contribution >= 0.6 is 0 Å². The molecule has 0 aliphatic carbocycles. The van der Waals surface area contributed by atoms with Gasteiger partial charge in [0, 0.05) is 18.3 Å². The topological polar surface area (TPSA) is 34.1 Å². The highest BCUT2D eigenvalue weighted by Crippen LogP contribution is 2.24. The Morgan fingerprint density at radius 2 is 2.06 bits per heavy atom. The van der Waals surface area contributed by atoms with Gasteiger partial charge >= 0.3 is 6.18 Å². The molecule has 102 valence electrons. The lowest BCUT2D eigenvalue weighted by atomic mass is 10.2. The molecular weight excluding hydrogens is 245 g/mol. The van der Waals surface area contributed by atoms with E-state index >= 15 is 0 Å². The third kappa shape index (κ3) is 4.18. The zero-order valence-electron chi connectivity index (χ0n) is 10.6. The molecule has 0 fully saturated rings. The molecule has 0 aliphatic rings. The van der Waals surface area contributed by atoms with Gasteiger partial charge in [0.25, 0.3) is 0 Å². The van der Waals surface area contributed by atoms with Crippen LogP contribution in [-0.2, 0) is 13.0 Å². The standard InChI is InChI=1S/C12H17F3N2O/c1-4-10-5-9(7-16-3)6-11(17-10)18-8(2)12(13,14)15/h5-6,8,16H,4,7H2,1-3H3. The van der Waals surface area contributed by atoms with Crippen LogP contribution in [0.15, 0.2) is 12.1 Å². The minimum absolute atomic E-state index is 0.0180. The summed E-state index contributed by atoms with van der Waals surface area (Å²) in [5, 5.41) is 2.94. The molecule has 1 aromatic rings. The molecular formula is C12H17F3N2O. The third-order valence-corrected chi connectivity index (χ3v) is 2.42. The van der Waals surface area contributed by atoms with Crippen molar-refractivity contribution in [2.75, 3.05) is 7.05 Å². The van der Waals surface area contributed by atoms with Crippen LogP contribution < -0.4 is 10.1 Å². The second-order valence-electron chi connectivity index (χ2n) is 3.99. The Labute approximate surface area is 104 Å². The van der Waals surface area contributed by atoms with Gasteiger partial charge in [-0.25, -0.2) is 4.98 Å². The first-order valence-corrected chi connectivity index (χ1v) is 5.74. The average Bonchev–Trinajstić information content (AvgIpc) is 2.27. The van der Waals surface area contributed by atoms with Gasteiger partial charge in [-0.3, -0.25) is 0 Å². The molecule has 0 saturated carbocycles. The fourth-order valence-corrected chi connectivity index (χ4v) is 1.42. The summed E-state index contributed by atoms with van der Waals surface area (Å²) in [6.07, 6.45) is -5.60. The number of rotatable bonds is 5. The number of pyridine rings is 1. The van der Waals surface area contributed by atoms with Crippen molar-refractivity contribution in [3.63, 3.8) is 0 Å². The van der Waals surface area contributed by atoms with Gasteiger partial charge in [-0.15, -0.1) is 0 Å². The molecule has 18 heavy (non-hydrogen) atoms. The van der Waals surface area contributed by atoms with Gasteiger partial charge in [0.1, 0.15) is 0 Å². The van der Waals surface area contributed by atoms with E-state index in [1.54, 1.807) is 7.05 Å². The summed E-state index contributed by atoms with van der Waals surface area (Å²) in [5.74, 6) is 0.0180. The van der Waals surface area contributed by atoms with Gasteiger partial charge in [-0.2, -0.15) is 13.2 Å². The monoisotopic (exact) mass is 262 g/mol. The van der Waals surface area contributed by atoms with Crippen LogP contribution in [0.3, 0.4) is 0 Å². The number of ether oxygens (including phenoxy) is 1. The quantitative estimate of drug-likeness (QED) is 0.886. The van der Waals surface area contributed by atoms with Crippen LogP contribution in [-0.4, -0.2) is 24.3 Å². The largest absolute Gasteiger partial charge is 0.465 e. The Balaban J connectivity index is 2.90. The molecule has 6 heteroatoms. The van der Waals surface area contributed by atoms with Crippen LogP contribution in [0.2, 0.25) is 0 Å². The fraction of sp³-hybridized carbons (Fsp3) is 0.583. The smallest absolute Gasteiger partial charge is 0.425 e. The maximum Gasteiger partial charge on any atom is 0.425 e. The zero-order chi connectivity index (χ0) is 13.8. The molecule has 0 radical (unpaired) electrons. The van der Waals surface area contributed by atoms with Gasteiger partial charge in [-0.05, 0) is 32.0 Å². The maximum absolute atomic E-state index is 12.4. The van der Waals surface area contributed by atoms with E-state index in [1.807, 2.05) is 13.0 Å². The van der Waals surface area contributed by atoms with Crippen molar-refractivity contribution in [1.82, 2.24) is 10.3 Å². The molecule has 1 unspecified atom stereocenters. The van der Waals surface area contributed by atoms with E-state index in [9.17, 15) is 13.2 Å². The number of hydrogen-bond donors (Lipinski definition) is 1. The Kier molecular flexibility index (Phi) is 4.95. The molecule has 0 bridgehead atoms. The number of aryl methyl sites for hydroxylation is 1. The van der Waals surface area contributed by atoms with Crippen molar-refractivity contribution in [2.24, 2.45) is 0 Å². The van der Waals surface area contributed by atoms with Crippen LogP contribution in [0, 0.1) is 0 Å². The highest BCUT2D eigenvalue weighted by Gasteiger charge is 2.38. The van der Waals surface area contributed by atoms with E-state index in [4.69, 9.17) is 4.74 Å². The van der Waals surface area contributed by atoms with Gasteiger partial charge in [0.2, 0.25) is 5.88 Å². The summed E-state index contributed by atoms with van der Waals surface area (Å²) in [5.41, 5.74) is 1.57. The molecule has 1 heterocycles. The zero-order valence-corrected chi connectivity index (χ0v) is 10.6. The van der Waals surface area contributed by atoms with Crippen molar-refractivity contribution in [3.05, 3.63) is 23.4 Å². The van der Waals surface area contributed by atoms with Gasteiger partial charge in [-0.1, -0.05) is 6.92 Å². The van der Waals surface area contributed by atoms with E-state index in [-0.39, 0.29) is 5.88 Å². The molecule has 1 rings (SSSR count). The van der Waals surface area contributed by atoms with Crippen molar-refractivity contribution in [2.45, 2.75) is 39.1 Å². The Hall–Kier alpha value is -1.30. The summed E-state index contributed by atoms with van der Waals surface area (Å²) >= 11 is 0. The predicted molar refractivity (Wildman–Crippen MR) is 62.5 cm³/mol. The SMILES string of the molecule is CCc1cc(CNC)cc(OC(C)C(F)(F)F)n1. The highest BCUT2D eigenvalue weighted by atomic mass is 19.4. The minimum atomic E-state index is -4.38. The number of halogens is 3. The lowest BCUT2D eigenvalue weighted by Crippen LogP contribution is -2.31. The van der Waals surface area contributed by atoms with Crippen LogP contribution in [0.4, 0.5) is 13.2 Å². The molecule has 0 amide bonds. The first-order chi connectivity index (χ1) is 8.36. The molecule has 3 nitrogen and oxygen atoms in total. The molecule has 0 spiro atoms.